The molecule has 25 heavy (non-hydrogen) atoms. The van der Waals surface area contributed by atoms with Crippen molar-refractivity contribution in [2.45, 2.75) is 76.7 Å². The minimum absolute atomic E-state index is 0.0579. The maximum atomic E-state index is 14.2. The van der Waals surface area contributed by atoms with Crippen molar-refractivity contribution in [3.05, 3.63) is 0 Å². The van der Waals surface area contributed by atoms with Crippen LogP contribution in [0, 0.1) is 0 Å². The lowest BCUT2D eigenvalue weighted by Gasteiger charge is -2.43. The molecule has 1 aliphatic carbocycles. The van der Waals surface area contributed by atoms with Crippen molar-refractivity contribution in [3.63, 3.8) is 0 Å². The van der Waals surface area contributed by atoms with E-state index in [1.165, 1.54) is 6.42 Å². The summed E-state index contributed by atoms with van der Waals surface area (Å²) in [6.07, 6.45) is 4.98. The van der Waals surface area contributed by atoms with Crippen molar-refractivity contribution in [2.24, 2.45) is 0 Å². The third-order valence-electron chi connectivity index (χ3n) is 4.61. The van der Waals surface area contributed by atoms with Crippen LogP contribution in [-0.2, 0) is 17.9 Å². The van der Waals surface area contributed by atoms with Gasteiger partial charge in [0.25, 0.3) is 0 Å². The van der Waals surface area contributed by atoms with Gasteiger partial charge in [-0.1, -0.05) is 12.8 Å². The van der Waals surface area contributed by atoms with Gasteiger partial charge in [0.1, 0.15) is 0 Å². The van der Waals surface area contributed by atoms with Crippen molar-refractivity contribution >= 4 is 24.0 Å². The summed E-state index contributed by atoms with van der Waals surface area (Å²) >= 11 is 0. The lowest BCUT2D eigenvalue weighted by atomic mass is 9.97. The molecule has 1 saturated carbocycles. The molecule has 0 aromatic carbocycles. The minimum Gasteiger partial charge on any atom is -0.414 e. The van der Waals surface area contributed by atoms with Gasteiger partial charge in [-0.05, 0) is 52.1 Å². The van der Waals surface area contributed by atoms with Crippen LogP contribution in [0.4, 0.5) is 0 Å². The fourth-order valence-corrected chi connectivity index (χ4v) is 11.9. The van der Waals surface area contributed by atoms with Crippen LogP contribution in [0.5, 0.6) is 0 Å². The zero-order valence-corrected chi connectivity index (χ0v) is 19.9. The van der Waals surface area contributed by atoms with Gasteiger partial charge in [-0.25, -0.2) is 0 Å². The van der Waals surface area contributed by atoms with E-state index in [0.29, 0.717) is 6.29 Å². The lowest BCUT2D eigenvalue weighted by molar-refractivity contribution is 0.0447. The van der Waals surface area contributed by atoms with Crippen LogP contribution in [0.3, 0.4) is 0 Å². The highest BCUT2D eigenvalue weighted by atomic mass is 31.2. The summed E-state index contributed by atoms with van der Waals surface area (Å²) in [4.78, 5) is 2.28. The molecule has 0 N–H and O–H groups in total. The van der Waals surface area contributed by atoms with Crippen molar-refractivity contribution in [2.75, 3.05) is 32.6 Å². The summed E-state index contributed by atoms with van der Waals surface area (Å²) in [6, 6.07) is 0. The van der Waals surface area contributed by atoms with Crippen molar-refractivity contribution in [1.29, 1.82) is 0 Å². The summed E-state index contributed by atoms with van der Waals surface area (Å²) in [5.74, 6) is 0. The predicted molar refractivity (Wildman–Crippen MR) is 110 cm³/mol. The molecule has 3 atom stereocenters. The van der Waals surface area contributed by atoms with Crippen LogP contribution in [-0.4, -0.2) is 65.9 Å². The third-order valence-corrected chi connectivity index (χ3v) is 11.4. The molecular formula is C17H38NO4PSi2. The highest BCUT2D eigenvalue weighted by molar-refractivity contribution is 7.61. The van der Waals surface area contributed by atoms with Gasteiger partial charge in [0.15, 0.2) is 16.6 Å². The zero-order chi connectivity index (χ0) is 18.7. The molecule has 1 heterocycles. The molecule has 0 radical (unpaired) electrons. The minimum atomic E-state index is -2.80. The van der Waals surface area contributed by atoms with E-state index in [0.717, 1.165) is 45.6 Å². The Bertz CT molecular complexity index is 472. The number of hydrogen-bond acceptors (Lipinski definition) is 5. The second-order valence-electron chi connectivity index (χ2n) is 9.42. The summed E-state index contributed by atoms with van der Waals surface area (Å²) in [7, 11) is -6.39. The molecule has 1 aliphatic heterocycles. The third kappa shape index (κ3) is 7.20. The molecule has 0 bridgehead atoms. The van der Waals surface area contributed by atoms with Gasteiger partial charge in [0.05, 0.1) is 31.3 Å². The van der Waals surface area contributed by atoms with Crippen molar-refractivity contribution < 1.29 is 17.9 Å². The highest BCUT2D eigenvalue weighted by Crippen LogP contribution is 2.59. The van der Waals surface area contributed by atoms with Crippen molar-refractivity contribution in [1.82, 2.24) is 4.90 Å². The lowest BCUT2D eigenvalue weighted by Crippen LogP contribution is -2.45. The summed E-state index contributed by atoms with van der Waals surface area (Å²) < 4.78 is 32.6. The van der Waals surface area contributed by atoms with E-state index in [2.05, 4.69) is 44.2 Å². The number of rotatable bonds is 7. The van der Waals surface area contributed by atoms with E-state index >= 15 is 0 Å². The van der Waals surface area contributed by atoms with Gasteiger partial charge < -0.3 is 13.4 Å². The normalized spacial score (nSPS) is 29.4. The largest absolute Gasteiger partial charge is 0.414 e. The number of ether oxygens (including phenoxy) is 1. The molecule has 0 spiro atoms. The molecule has 0 amide bonds. The molecule has 2 fully saturated rings. The zero-order valence-electron chi connectivity index (χ0n) is 17.0. The van der Waals surface area contributed by atoms with Crippen LogP contribution in [0.2, 0.25) is 39.3 Å². The first-order valence-electron chi connectivity index (χ1n) is 9.76. The monoisotopic (exact) mass is 407 g/mol. The Morgan fingerprint density at radius 2 is 1.60 bits per heavy atom. The van der Waals surface area contributed by atoms with E-state index < -0.39 is 24.0 Å². The van der Waals surface area contributed by atoms with Crippen LogP contribution in [0.25, 0.3) is 0 Å². The average molecular weight is 408 g/mol. The smallest absolute Gasteiger partial charge is 0.212 e. The maximum absolute atomic E-state index is 14.2. The molecule has 8 heteroatoms. The average Bonchev–Trinajstić information content (AvgIpc) is 2.45. The molecule has 5 nitrogen and oxygen atoms in total. The van der Waals surface area contributed by atoms with E-state index in [1.54, 1.807) is 0 Å². The fraction of sp³-hybridized carbons (Fsp3) is 1.00. The standard InChI is InChI=1S/C17H38NO4PSi2/c1-24(2,3)21-16-9-7-8-10-17(16)23(19,22-25(4,5)6)15-18-11-13-20-14-12-18/h16-17H,7-15H2,1-6H3. The molecule has 2 aliphatic rings. The van der Waals surface area contributed by atoms with Gasteiger partial charge in [-0.15, -0.1) is 0 Å². The first-order valence-corrected chi connectivity index (χ1v) is 18.5. The van der Waals surface area contributed by atoms with Crippen molar-refractivity contribution in [3.8, 4) is 0 Å². The summed E-state index contributed by atoms with van der Waals surface area (Å²) in [5, 5.41) is 0. The summed E-state index contributed by atoms with van der Waals surface area (Å²) in [5.41, 5.74) is 0.0579. The molecule has 148 valence electrons. The Morgan fingerprint density at radius 1 is 1.00 bits per heavy atom. The fourth-order valence-electron chi connectivity index (χ4n) is 3.81. The second kappa shape index (κ2) is 8.67. The Morgan fingerprint density at radius 3 is 2.16 bits per heavy atom. The van der Waals surface area contributed by atoms with Gasteiger partial charge >= 0.3 is 0 Å². The number of hydrogen-bond donors (Lipinski definition) is 0. The van der Waals surface area contributed by atoms with Crippen LogP contribution in [0.1, 0.15) is 25.7 Å². The quantitative estimate of drug-likeness (QED) is 0.457. The molecule has 3 unspecified atom stereocenters. The van der Waals surface area contributed by atoms with Gasteiger partial charge in [-0.3, -0.25) is 9.46 Å². The molecule has 0 aromatic heterocycles. The highest BCUT2D eigenvalue weighted by Gasteiger charge is 2.46. The molecule has 0 aromatic rings. The van der Waals surface area contributed by atoms with Gasteiger partial charge in [0, 0.05) is 13.1 Å². The Hall–Kier alpha value is 0.504. The maximum Gasteiger partial charge on any atom is 0.212 e. The Kier molecular flexibility index (Phi) is 7.56. The van der Waals surface area contributed by atoms with E-state index in [9.17, 15) is 4.57 Å². The van der Waals surface area contributed by atoms with Crippen LogP contribution < -0.4 is 0 Å². The first-order chi connectivity index (χ1) is 11.5. The van der Waals surface area contributed by atoms with E-state index in [-0.39, 0.29) is 11.8 Å². The van der Waals surface area contributed by atoms with E-state index in [1.807, 2.05) is 0 Å². The Balaban J connectivity index is 2.22. The Labute approximate surface area is 156 Å². The number of morpholine rings is 1. The second-order valence-corrected chi connectivity index (χ2v) is 21.2. The molecule has 1 saturated heterocycles. The van der Waals surface area contributed by atoms with E-state index in [4.69, 9.17) is 13.4 Å². The van der Waals surface area contributed by atoms with Crippen LogP contribution >= 0.6 is 7.37 Å². The number of nitrogens with zero attached hydrogens (tertiary/aromatic N) is 1. The predicted octanol–water partition coefficient (Wildman–Crippen LogP) is 4.57. The SMILES string of the molecule is C[Si](C)(C)OC1CCCCC1P(=O)(CN1CCOCC1)O[Si](C)(C)C. The van der Waals surface area contributed by atoms with Gasteiger partial charge in [-0.2, -0.15) is 0 Å². The summed E-state index contributed by atoms with van der Waals surface area (Å²) in [6.45, 7) is 16.3. The molecular weight excluding hydrogens is 369 g/mol. The topological polar surface area (TPSA) is 48.0 Å². The first kappa shape index (κ1) is 21.8. The van der Waals surface area contributed by atoms with Gasteiger partial charge in [0.2, 0.25) is 7.37 Å². The molecule has 2 rings (SSSR count). The van der Waals surface area contributed by atoms with Crippen LogP contribution in [0.15, 0.2) is 0 Å².